The van der Waals surface area contributed by atoms with Crippen molar-refractivity contribution in [1.29, 1.82) is 0 Å². The summed E-state index contributed by atoms with van der Waals surface area (Å²) < 4.78 is 0. The first-order chi connectivity index (χ1) is 4.13. The van der Waals surface area contributed by atoms with Gasteiger partial charge in [-0.2, -0.15) is 0 Å². The molecule has 0 fully saturated rings. The van der Waals surface area contributed by atoms with Gasteiger partial charge in [0.1, 0.15) is 5.60 Å². The number of hydrogen-bond acceptors (Lipinski definition) is 2. The average molecular weight is 123 g/mol. The molecule has 1 rings (SSSR count). The Hall–Kier alpha value is -0.600. The fourth-order valence-electron chi connectivity index (χ4n) is 0.659. The van der Waals surface area contributed by atoms with E-state index in [-0.39, 0.29) is 0 Å². The molecule has 0 saturated heterocycles. The number of nitrogens with two attached hydrogens (primary N) is 1. The Balaban J connectivity index is 2.78. The van der Waals surface area contributed by atoms with Crippen molar-refractivity contribution in [3.63, 3.8) is 0 Å². The van der Waals surface area contributed by atoms with E-state index in [1.165, 1.54) is 6.08 Å². The van der Waals surface area contributed by atoms with Crippen LogP contribution < -0.4 is 5.73 Å². The molecule has 2 radical (unpaired) electrons. The van der Waals surface area contributed by atoms with E-state index in [1.807, 2.05) is 0 Å². The summed E-state index contributed by atoms with van der Waals surface area (Å²) in [7, 11) is 0. The van der Waals surface area contributed by atoms with Gasteiger partial charge in [0.05, 0.1) is 6.04 Å². The summed E-state index contributed by atoms with van der Waals surface area (Å²) in [6.07, 6.45) is 6.55. The van der Waals surface area contributed by atoms with Gasteiger partial charge in [0.15, 0.2) is 0 Å². The second-order valence-electron chi connectivity index (χ2n) is 2.16. The molecule has 2 unspecified atom stereocenters. The largest absolute Gasteiger partial charge is 0.383 e. The highest BCUT2D eigenvalue weighted by Crippen LogP contribution is 2.13. The molecule has 0 heterocycles. The van der Waals surface area contributed by atoms with Gasteiger partial charge < -0.3 is 10.8 Å². The highest BCUT2D eigenvalue weighted by molar-refractivity contribution is 5.24. The van der Waals surface area contributed by atoms with Crippen LogP contribution in [0.4, 0.5) is 0 Å². The SMILES string of the molecule is [CH]C1(O)C=CC=CC1N. The number of aliphatic hydroxyl groups is 1. The summed E-state index contributed by atoms with van der Waals surface area (Å²) in [5, 5.41) is 9.16. The van der Waals surface area contributed by atoms with Gasteiger partial charge in [0.25, 0.3) is 0 Å². The van der Waals surface area contributed by atoms with Crippen LogP contribution in [0.1, 0.15) is 0 Å². The fraction of sp³-hybridized carbons (Fsp3) is 0.286. The molecule has 1 aliphatic rings. The Morgan fingerprint density at radius 1 is 1.56 bits per heavy atom. The first kappa shape index (κ1) is 6.52. The summed E-state index contributed by atoms with van der Waals surface area (Å²) in [6.45, 7) is 5.31. The molecular formula is C7H9NO. The van der Waals surface area contributed by atoms with Gasteiger partial charge in [-0.15, -0.1) is 0 Å². The minimum Gasteiger partial charge on any atom is -0.383 e. The molecule has 0 bridgehead atoms. The Bertz CT molecular complexity index is 158. The molecule has 0 aromatic heterocycles. The molecule has 0 amide bonds. The Kier molecular flexibility index (Phi) is 1.43. The van der Waals surface area contributed by atoms with Crippen LogP contribution in [0.25, 0.3) is 0 Å². The lowest BCUT2D eigenvalue weighted by atomic mass is 9.93. The molecule has 1 aliphatic carbocycles. The topological polar surface area (TPSA) is 46.2 Å². The van der Waals surface area contributed by atoms with E-state index in [0.717, 1.165) is 0 Å². The molecule has 0 spiro atoms. The van der Waals surface area contributed by atoms with Crippen LogP contribution >= 0.6 is 0 Å². The zero-order valence-electron chi connectivity index (χ0n) is 4.99. The lowest BCUT2D eigenvalue weighted by molar-refractivity contribution is 0.124. The minimum atomic E-state index is -1.35. The molecule has 48 valence electrons. The van der Waals surface area contributed by atoms with Crippen LogP contribution in [0, 0.1) is 6.92 Å². The third kappa shape index (κ3) is 1.20. The fourth-order valence-corrected chi connectivity index (χ4v) is 0.659. The van der Waals surface area contributed by atoms with E-state index in [4.69, 9.17) is 17.8 Å². The van der Waals surface area contributed by atoms with Crippen molar-refractivity contribution in [2.45, 2.75) is 11.6 Å². The van der Waals surface area contributed by atoms with Gasteiger partial charge in [-0.25, -0.2) is 0 Å². The van der Waals surface area contributed by atoms with Crippen molar-refractivity contribution in [1.82, 2.24) is 0 Å². The van der Waals surface area contributed by atoms with Crippen molar-refractivity contribution < 1.29 is 5.11 Å². The van der Waals surface area contributed by atoms with Gasteiger partial charge in [0, 0.05) is 6.92 Å². The van der Waals surface area contributed by atoms with Crippen LogP contribution in [0.3, 0.4) is 0 Å². The van der Waals surface area contributed by atoms with E-state index < -0.39 is 11.6 Å². The maximum Gasteiger partial charge on any atom is 0.105 e. The van der Waals surface area contributed by atoms with Crippen LogP contribution in [0.5, 0.6) is 0 Å². The second kappa shape index (κ2) is 1.97. The predicted octanol–water partition coefficient (Wildman–Crippen LogP) is -0.118. The van der Waals surface area contributed by atoms with Crippen molar-refractivity contribution in [3.8, 4) is 0 Å². The zero-order chi connectivity index (χ0) is 6.91. The highest BCUT2D eigenvalue weighted by atomic mass is 16.3. The molecule has 0 aromatic carbocycles. The van der Waals surface area contributed by atoms with E-state index in [1.54, 1.807) is 18.2 Å². The molecule has 9 heavy (non-hydrogen) atoms. The number of rotatable bonds is 0. The highest BCUT2D eigenvalue weighted by Gasteiger charge is 2.24. The third-order valence-electron chi connectivity index (χ3n) is 1.33. The van der Waals surface area contributed by atoms with Crippen LogP contribution in [-0.2, 0) is 0 Å². The molecular weight excluding hydrogens is 114 g/mol. The number of hydrogen-bond donors (Lipinski definition) is 2. The summed E-state index contributed by atoms with van der Waals surface area (Å²) in [5.74, 6) is 0. The maximum atomic E-state index is 9.16. The van der Waals surface area contributed by atoms with E-state index >= 15 is 0 Å². The van der Waals surface area contributed by atoms with Crippen molar-refractivity contribution >= 4 is 0 Å². The first-order valence-electron chi connectivity index (χ1n) is 2.76. The van der Waals surface area contributed by atoms with Crippen LogP contribution in [0.2, 0.25) is 0 Å². The molecule has 0 aliphatic heterocycles. The van der Waals surface area contributed by atoms with Gasteiger partial charge in [-0.1, -0.05) is 24.3 Å². The summed E-state index contributed by atoms with van der Waals surface area (Å²) in [6, 6.07) is -0.484. The van der Waals surface area contributed by atoms with Gasteiger partial charge in [-0.05, 0) is 0 Å². The molecule has 2 heteroatoms. The first-order valence-corrected chi connectivity index (χ1v) is 2.76. The van der Waals surface area contributed by atoms with Crippen LogP contribution in [0.15, 0.2) is 24.3 Å². The third-order valence-corrected chi connectivity index (χ3v) is 1.33. The quantitative estimate of drug-likeness (QED) is 0.472. The predicted molar refractivity (Wildman–Crippen MR) is 35.5 cm³/mol. The van der Waals surface area contributed by atoms with Crippen molar-refractivity contribution in [2.75, 3.05) is 0 Å². The molecule has 0 aromatic rings. The monoisotopic (exact) mass is 123 g/mol. The molecule has 3 N–H and O–H groups in total. The second-order valence-corrected chi connectivity index (χ2v) is 2.16. The average Bonchev–Trinajstić information content (AvgIpc) is 1.77. The maximum absolute atomic E-state index is 9.16. The lowest BCUT2D eigenvalue weighted by Crippen LogP contribution is -2.43. The lowest BCUT2D eigenvalue weighted by Gasteiger charge is -2.25. The van der Waals surface area contributed by atoms with E-state index in [9.17, 15) is 0 Å². The smallest absolute Gasteiger partial charge is 0.105 e. The van der Waals surface area contributed by atoms with Crippen LogP contribution in [-0.4, -0.2) is 16.7 Å². The minimum absolute atomic E-state index is 0.484. The zero-order valence-corrected chi connectivity index (χ0v) is 4.99. The summed E-state index contributed by atoms with van der Waals surface area (Å²) in [4.78, 5) is 0. The summed E-state index contributed by atoms with van der Waals surface area (Å²) in [5.41, 5.74) is 4.05. The normalized spacial score (nSPS) is 41.4. The Labute approximate surface area is 54.7 Å². The Morgan fingerprint density at radius 3 is 2.56 bits per heavy atom. The van der Waals surface area contributed by atoms with Crippen molar-refractivity contribution in [2.24, 2.45) is 5.73 Å². The van der Waals surface area contributed by atoms with Gasteiger partial charge >= 0.3 is 0 Å². The van der Waals surface area contributed by atoms with Gasteiger partial charge in [-0.3, -0.25) is 0 Å². The van der Waals surface area contributed by atoms with E-state index in [2.05, 4.69) is 0 Å². The molecule has 0 saturated carbocycles. The molecule has 2 nitrogen and oxygen atoms in total. The number of allylic oxidation sites excluding steroid dienone is 2. The Morgan fingerprint density at radius 2 is 2.22 bits per heavy atom. The standard InChI is InChI=1S/C7H9NO/c1-7(9)5-3-2-4-6(7)8/h1-6,9H,8H2. The molecule has 2 atom stereocenters. The van der Waals surface area contributed by atoms with Crippen molar-refractivity contribution in [3.05, 3.63) is 31.2 Å². The van der Waals surface area contributed by atoms with E-state index in [0.29, 0.717) is 0 Å². The summed E-state index contributed by atoms with van der Waals surface area (Å²) >= 11 is 0. The van der Waals surface area contributed by atoms with Gasteiger partial charge in [0.2, 0.25) is 0 Å².